The molecule has 0 aliphatic rings. The van der Waals surface area contributed by atoms with Crippen LogP contribution in [0.3, 0.4) is 0 Å². The van der Waals surface area contributed by atoms with Crippen molar-refractivity contribution < 1.29 is 13.2 Å². The molecule has 0 heterocycles. The highest BCUT2D eigenvalue weighted by molar-refractivity contribution is 7.90. The number of sulfone groups is 1. The molecular formula is C16H17NO3S. The van der Waals surface area contributed by atoms with Gasteiger partial charge in [0.05, 0.1) is 4.90 Å². The van der Waals surface area contributed by atoms with Gasteiger partial charge in [0.2, 0.25) is 0 Å². The number of hydrogen-bond donors (Lipinski definition) is 0. The van der Waals surface area contributed by atoms with Gasteiger partial charge in [0.1, 0.15) is 0 Å². The fourth-order valence-electron chi connectivity index (χ4n) is 2.01. The Kier molecular flexibility index (Phi) is 4.14. The van der Waals surface area contributed by atoms with Crippen molar-refractivity contribution in [3.05, 3.63) is 59.7 Å². The van der Waals surface area contributed by atoms with Crippen molar-refractivity contribution in [3.63, 3.8) is 0 Å². The van der Waals surface area contributed by atoms with Gasteiger partial charge in [-0.15, -0.1) is 0 Å². The first-order chi connectivity index (χ1) is 9.79. The van der Waals surface area contributed by atoms with Crippen molar-refractivity contribution in [1.82, 2.24) is 0 Å². The first-order valence-electron chi connectivity index (χ1n) is 6.44. The van der Waals surface area contributed by atoms with Crippen molar-refractivity contribution in [1.29, 1.82) is 0 Å². The molecule has 2 aromatic carbocycles. The lowest BCUT2D eigenvalue weighted by Crippen LogP contribution is -2.26. The molecule has 2 rings (SSSR count). The van der Waals surface area contributed by atoms with Gasteiger partial charge in [0, 0.05) is 24.6 Å². The maximum atomic E-state index is 12.5. The topological polar surface area (TPSA) is 54.5 Å². The summed E-state index contributed by atoms with van der Waals surface area (Å²) >= 11 is 0. The van der Waals surface area contributed by atoms with Crippen LogP contribution in [-0.4, -0.2) is 27.6 Å². The number of benzene rings is 2. The van der Waals surface area contributed by atoms with Gasteiger partial charge in [-0.3, -0.25) is 4.79 Å². The zero-order valence-electron chi connectivity index (χ0n) is 12.2. The van der Waals surface area contributed by atoms with Crippen LogP contribution < -0.4 is 4.90 Å². The smallest absolute Gasteiger partial charge is 0.258 e. The number of aryl methyl sites for hydroxylation is 1. The third kappa shape index (κ3) is 3.49. The molecule has 0 radical (unpaired) electrons. The summed E-state index contributed by atoms with van der Waals surface area (Å²) in [6.45, 7) is 1.95. The molecule has 0 bridgehead atoms. The van der Waals surface area contributed by atoms with Gasteiger partial charge in [-0.25, -0.2) is 8.42 Å². The summed E-state index contributed by atoms with van der Waals surface area (Å²) in [5.74, 6) is -0.244. The maximum Gasteiger partial charge on any atom is 0.258 e. The molecular weight excluding hydrogens is 286 g/mol. The van der Waals surface area contributed by atoms with E-state index < -0.39 is 9.84 Å². The minimum absolute atomic E-state index is 0.144. The molecule has 4 nitrogen and oxygen atoms in total. The Morgan fingerprint density at radius 3 is 2.33 bits per heavy atom. The largest absolute Gasteiger partial charge is 0.311 e. The van der Waals surface area contributed by atoms with Crippen LogP contribution in [0.2, 0.25) is 0 Å². The summed E-state index contributed by atoms with van der Waals surface area (Å²) < 4.78 is 23.1. The first kappa shape index (κ1) is 15.3. The Hall–Kier alpha value is -2.14. The number of hydrogen-bond acceptors (Lipinski definition) is 3. The van der Waals surface area contributed by atoms with Gasteiger partial charge in [-0.1, -0.05) is 18.2 Å². The van der Waals surface area contributed by atoms with Gasteiger partial charge in [-0.05, 0) is 42.8 Å². The number of anilines is 1. The standard InChI is InChI=1S/C16H17NO3S/c1-12-6-4-8-14(10-12)17(2)16(18)13-7-5-9-15(11-13)21(3,19)20/h4-11H,1-3H3. The van der Waals surface area contributed by atoms with Crippen LogP contribution in [0.1, 0.15) is 15.9 Å². The number of nitrogens with zero attached hydrogens (tertiary/aromatic N) is 1. The summed E-state index contributed by atoms with van der Waals surface area (Å²) in [4.78, 5) is 14.1. The minimum atomic E-state index is -3.33. The number of carbonyl (C=O) groups excluding carboxylic acids is 1. The summed E-state index contributed by atoms with van der Waals surface area (Å²) in [6, 6.07) is 13.6. The molecule has 0 aromatic heterocycles. The van der Waals surface area contributed by atoms with Crippen molar-refractivity contribution in [3.8, 4) is 0 Å². The van der Waals surface area contributed by atoms with Crippen LogP contribution in [-0.2, 0) is 9.84 Å². The Morgan fingerprint density at radius 2 is 1.71 bits per heavy atom. The predicted molar refractivity (Wildman–Crippen MR) is 83.5 cm³/mol. The first-order valence-corrected chi connectivity index (χ1v) is 8.33. The normalized spacial score (nSPS) is 11.2. The molecule has 0 fully saturated rings. The summed E-state index contributed by atoms with van der Waals surface area (Å²) in [6.07, 6.45) is 1.13. The molecule has 0 spiro atoms. The van der Waals surface area contributed by atoms with E-state index in [0.29, 0.717) is 5.56 Å². The van der Waals surface area contributed by atoms with E-state index in [-0.39, 0.29) is 10.8 Å². The Bertz CT molecular complexity index is 782. The molecule has 0 aliphatic heterocycles. The van der Waals surface area contributed by atoms with Gasteiger partial charge in [0.15, 0.2) is 9.84 Å². The van der Waals surface area contributed by atoms with Crippen LogP contribution in [0.5, 0.6) is 0 Å². The van der Waals surface area contributed by atoms with Crippen LogP contribution in [0.15, 0.2) is 53.4 Å². The minimum Gasteiger partial charge on any atom is -0.311 e. The molecule has 110 valence electrons. The van der Waals surface area contributed by atoms with E-state index in [9.17, 15) is 13.2 Å². The molecule has 0 N–H and O–H groups in total. The Balaban J connectivity index is 2.36. The quantitative estimate of drug-likeness (QED) is 0.876. The van der Waals surface area contributed by atoms with Crippen molar-refractivity contribution in [2.24, 2.45) is 0 Å². The average Bonchev–Trinajstić information content (AvgIpc) is 2.45. The number of carbonyl (C=O) groups is 1. The highest BCUT2D eigenvalue weighted by Gasteiger charge is 2.16. The van der Waals surface area contributed by atoms with E-state index in [1.54, 1.807) is 19.2 Å². The highest BCUT2D eigenvalue weighted by Crippen LogP contribution is 2.18. The van der Waals surface area contributed by atoms with Gasteiger partial charge in [0.25, 0.3) is 5.91 Å². The molecule has 0 atom stereocenters. The summed E-state index contributed by atoms with van der Waals surface area (Å²) in [5, 5.41) is 0. The summed E-state index contributed by atoms with van der Waals surface area (Å²) in [7, 11) is -1.66. The van der Waals surface area contributed by atoms with E-state index in [1.807, 2.05) is 31.2 Å². The zero-order chi connectivity index (χ0) is 15.6. The lowest BCUT2D eigenvalue weighted by molar-refractivity contribution is 0.0993. The molecule has 0 saturated carbocycles. The molecule has 0 saturated heterocycles. The van der Waals surface area contributed by atoms with E-state index in [1.165, 1.54) is 17.0 Å². The Labute approximate surface area is 124 Å². The van der Waals surface area contributed by atoms with E-state index in [0.717, 1.165) is 17.5 Å². The monoisotopic (exact) mass is 303 g/mol. The SMILES string of the molecule is Cc1cccc(N(C)C(=O)c2cccc(S(C)(=O)=O)c2)c1. The maximum absolute atomic E-state index is 12.5. The lowest BCUT2D eigenvalue weighted by atomic mass is 10.1. The van der Waals surface area contributed by atoms with Crippen LogP contribution in [0.25, 0.3) is 0 Å². The number of rotatable bonds is 3. The van der Waals surface area contributed by atoms with Gasteiger partial charge in [-0.2, -0.15) is 0 Å². The lowest BCUT2D eigenvalue weighted by Gasteiger charge is -2.18. The second-order valence-electron chi connectivity index (χ2n) is 5.00. The van der Waals surface area contributed by atoms with Crippen molar-refractivity contribution in [2.45, 2.75) is 11.8 Å². The zero-order valence-corrected chi connectivity index (χ0v) is 13.0. The molecule has 5 heteroatoms. The van der Waals surface area contributed by atoms with Crippen LogP contribution in [0, 0.1) is 6.92 Å². The van der Waals surface area contributed by atoms with Gasteiger partial charge >= 0.3 is 0 Å². The third-order valence-electron chi connectivity index (χ3n) is 3.20. The summed E-state index contributed by atoms with van der Waals surface area (Å²) in [5.41, 5.74) is 2.17. The second kappa shape index (κ2) is 5.69. The van der Waals surface area contributed by atoms with Crippen LogP contribution >= 0.6 is 0 Å². The molecule has 2 aromatic rings. The highest BCUT2D eigenvalue weighted by atomic mass is 32.2. The van der Waals surface area contributed by atoms with Gasteiger partial charge < -0.3 is 4.90 Å². The van der Waals surface area contributed by atoms with E-state index >= 15 is 0 Å². The van der Waals surface area contributed by atoms with Crippen molar-refractivity contribution in [2.75, 3.05) is 18.2 Å². The van der Waals surface area contributed by atoms with E-state index in [4.69, 9.17) is 0 Å². The third-order valence-corrected chi connectivity index (χ3v) is 4.31. The fraction of sp³-hybridized carbons (Fsp3) is 0.188. The predicted octanol–water partition coefficient (Wildman–Crippen LogP) is 2.68. The molecule has 0 aliphatic carbocycles. The van der Waals surface area contributed by atoms with E-state index in [2.05, 4.69) is 0 Å². The number of amides is 1. The van der Waals surface area contributed by atoms with Crippen LogP contribution in [0.4, 0.5) is 5.69 Å². The molecule has 0 unspecified atom stereocenters. The molecule has 21 heavy (non-hydrogen) atoms. The van der Waals surface area contributed by atoms with Crippen molar-refractivity contribution >= 4 is 21.4 Å². The molecule has 1 amide bonds. The Morgan fingerprint density at radius 1 is 1.05 bits per heavy atom. The second-order valence-corrected chi connectivity index (χ2v) is 7.02. The fourth-order valence-corrected chi connectivity index (χ4v) is 2.67. The average molecular weight is 303 g/mol.